The van der Waals surface area contributed by atoms with Crippen LogP contribution in [0.5, 0.6) is 0 Å². The number of nitrogens with one attached hydrogen (secondary N) is 1. The number of nitrogens with zero attached hydrogens (tertiary/aromatic N) is 2. The number of ether oxygens (including phenoxy) is 1. The lowest BCUT2D eigenvalue weighted by molar-refractivity contribution is 0.0342. The molecule has 0 aliphatic heterocycles. The second-order valence-corrected chi connectivity index (χ2v) is 4.72. The number of aryl methyl sites for hydroxylation is 2. The summed E-state index contributed by atoms with van der Waals surface area (Å²) < 4.78 is 7.52. The SMILES string of the molecule is CCCn1cc(C)nc1NCC(C)(C)OC. The standard InChI is InChI=1S/C12H23N3O/c1-6-7-15-8-10(2)14-11(15)13-9-12(3,4)16-5/h8H,6-7,9H2,1-5H3,(H,13,14). The minimum atomic E-state index is -0.170. The summed E-state index contributed by atoms with van der Waals surface area (Å²) in [5, 5.41) is 3.34. The summed E-state index contributed by atoms with van der Waals surface area (Å²) in [7, 11) is 1.73. The normalized spacial score (nSPS) is 11.8. The van der Waals surface area contributed by atoms with Gasteiger partial charge in [-0.2, -0.15) is 0 Å². The highest BCUT2D eigenvalue weighted by Crippen LogP contribution is 2.12. The van der Waals surface area contributed by atoms with Gasteiger partial charge in [0.1, 0.15) is 0 Å². The summed E-state index contributed by atoms with van der Waals surface area (Å²) >= 11 is 0. The molecule has 4 nitrogen and oxygen atoms in total. The van der Waals surface area contributed by atoms with Crippen LogP contribution in [0.4, 0.5) is 5.95 Å². The molecule has 0 bridgehead atoms. The highest BCUT2D eigenvalue weighted by Gasteiger charge is 2.17. The summed E-state index contributed by atoms with van der Waals surface area (Å²) in [6, 6.07) is 0. The zero-order valence-electron chi connectivity index (χ0n) is 11.0. The largest absolute Gasteiger partial charge is 0.377 e. The summed E-state index contributed by atoms with van der Waals surface area (Å²) in [4.78, 5) is 4.46. The Balaban J connectivity index is 2.65. The number of imidazole rings is 1. The van der Waals surface area contributed by atoms with Crippen LogP contribution < -0.4 is 5.32 Å². The van der Waals surface area contributed by atoms with Crippen molar-refractivity contribution in [3.8, 4) is 0 Å². The summed E-state index contributed by atoms with van der Waals surface area (Å²) in [6.45, 7) is 10.0. The van der Waals surface area contributed by atoms with Gasteiger partial charge < -0.3 is 14.6 Å². The molecule has 0 radical (unpaired) electrons. The van der Waals surface area contributed by atoms with Crippen LogP contribution in [0.3, 0.4) is 0 Å². The number of rotatable bonds is 6. The minimum absolute atomic E-state index is 0.170. The predicted octanol–water partition coefficient (Wildman–Crippen LogP) is 2.44. The number of hydrogen-bond acceptors (Lipinski definition) is 3. The Kier molecular flexibility index (Phi) is 4.35. The fraction of sp³-hybridized carbons (Fsp3) is 0.750. The maximum Gasteiger partial charge on any atom is 0.203 e. The van der Waals surface area contributed by atoms with Gasteiger partial charge in [0.15, 0.2) is 0 Å². The Morgan fingerprint density at radius 3 is 2.75 bits per heavy atom. The van der Waals surface area contributed by atoms with Crippen molar-refractivity contribution in [2.24, 2.45) is 0 Å². The van der Waals surface area contributed by atoms with Crippen molar-refractivity contribution in [1.82, 2.24) is 9.55 Å². The molecule has 1 rings (SSSR count). The Hall–Kier alpha value is -1.03. The van der Waals surface area contributed by atoms with Gasteiger partial charge in [-0.1, -0.05) is 6.92 Å². The molecule has 92 valence electrons. The van der Waals surface area contributed by atoms with Gasteiger partial charge in [0.2, 0.25) is 5.95 Å². The first-order chi connectivity index (χ1) is 7.48. The molecule has 0 aliphatic carbocycles. The number of hydrogen-bond donors (Lipinski definition) is 1. The highest BCUT2D eigenvalue weighted by atomic mass is 16.5. The van der Waals surface area contributed by atoms with Gasteiger partial charge in [0, 0.05) is 26.4 Å². The van der Waals surface area contributed by atoms with E-state index in [1.807, 2.05) is 6.92 Å². The molecule has 0 aliphatic rings. The van der Waals surface area contributed by atoms with Crippen LogP contribution in [0, 0.1) is 6.92 Å². The van der Waals surface area contributed by atoms with E-state index in [-0.39, 0.29) is 5.60 Å². The lowest BCUT2D eigenvalue weighted by atomic mass is 10.1. The zero-order chi connectivity index (χ0) is 12.2. The second kappa shape index (κ2) is 5.34. The Morgan fingerprint density at radius 1 is 1.50 bits per heavy atom. The van der Waals surface area contributed by atoms with Gasteiger partial charge in [0.05, 0.1) is 11.3 Å². The van der Waals surface area contributed by atoms with Crippen LogP contribution in [0.25, 0.3) is 0 Å². The van der Waals surface area contributed by atoms with Crippen LogP contribution in [-0.2, 0) is 11.3 Å². The lowest BCUT2D eigenvalue weighted by Gasteiger charge is -2.23. The number of anilines is 1. The van der Waals surface area contributed by atoms with Crippen molar-refractivity contribution in [2.75, 3.05) is 19.0 Å². The van der Waals surface area contributed by atoms with Crippen molar-refractivity contribution in [1.29, 1.82) is 0 Å². The molecular formula is C12H23N3O. The molecule has 4 heteroatoms. The lowest BCUT2D eigenvalue weighted by Crippen LogP contribution is -2.32. The molecule has 0 amide bonds. The quantitative estimate of drug-likeness (QED) is 0.808. The Morgan fingerprint density at radius 2 is 2.19 bits per heavy atom. The van der Waals surface area contributed by atoms with Crippen LogP contribution in [0.15, 0.2) is 6.20 Å². The van der Waals surface area contributed by atoms with Gasteiger partial charge in [-0.15, -0.1) is 0 Å². The molecule has 16 heavy (non-hydrogen) atoms. The Labute approximate surface area is 98.0 Å². The van der Waals surface area contributed by atoms with E-state index in [1.165, 1.54) is 0 Å². The van der Waals surface area contributed by atoms with Crippen molar-refractivity contribution in [2.45, 2.75) is 46.3 Å². The molecule has 0 atom stereocenters. The average molecular weight is 225 g/mol. The molecule has 0 unspecified atom stereocenters. The van der Waals surface area contributed by atoms with Gasteiger partial charge in [-0.05, 0) is 27.2 Å². The molecule has 0 fully saturated rings. The third kappa shape index (κ3) is 3.52. The predicted molar refractivity (Wildman–Crippen MR) is 66.8 cm³/mol. The van der Waals surface area contributed by atoms with E-state index in [0.29, 0.717) is 0 Å². The fourth-order valence-electron chi connectivity index (χ4n) is 1.46. The molecule has 0 saturated carbocycles. The van der Waals surface area contributed by atoms with Gasteiger partial charge >= 0.3 is 0 Å². The fourth-order valence-corrected chi connectivity index (χ4v) is 1.46. The highest BCUT2D eigenvalue weighted by molar-refractivity contribution is 5.29. The van der Waals surface area contributed by atoms with Crippen molar-refractivity contribution in [3.05, 3.63) is 11.9 Å². The average Bonchev–Trinajstić information content (AvgIpc) is 2.57. The van der Waals surface area contributed by atoms with Crippen LogP contribution in [0.1, 0.15) is 32.9 Å². The van der Waals surface area contributed by atoms with Gasteiger partial charge in [-0.3, -0.25) is 0 Å². The zero-order valence-corrected chi connectivity index (χ0v) is 11.0. The first kappa shape index (κ1) is 13.0. The molecule has 0 saturated heterocycles. The first-order valence-corrected chi connectivity index (χ1v) is 5.81. The van der Waals surface area contributed by atoms with Crippen LogP contribution in [-0.4, -0.2) is 28.8 Å². The van der Waals surface area contributed by atoms with E-state index in [0.717, 1.165) is 31.2 Å². The van der Waals surface area contributed by atoms with Crippen molar-refractivity contribution < 1.29 is 4.74 Å². The van der Waals surface area contributed by atoms with E-state index >= 15 is 0 Å². The van der Waals surface area contributed by atoms with Crippen LogP contribution in [0.2, 0.25) is 0 Å². The molecule has 1 heterocycles. The van der Waals surface area contributed by atoms with Crippen molar-refractivity contribution in [3.63, 3.8) is 0 Å². The molecule has 1 aromatic rings. The van der Waals surface area contributed by atoms with E-state index in [9.17, 15) is 0 Å². The first-order valence-electron chi connectivity index (χ1n) is 5.81. The third-order valence-corrected chi connectivity index (χ3v) is 2.59. The minimum Gasteiger partial charge on any atom is -0.377 e. The summed E-state index contributed by atoms with van der Waals surface area (Å²) in [5.41, 5.74) is 0.878. The number of aromatic nitrogens is 2. The topological polar surface area (TPSA) is 39.1 Å². The third-order valence-electron chi connectivity index (χ3n) is 2.59. The molecule has 0 spiro atoms. The summed E-state index contributed by atoms with van der Waals surface area (Å²) in [5.74, 6) is 0.935. The second-order valence-electron chi connectivity index (χ2n) is 4.72. The summed E-state index contributed by atoms with van der Waals surface area (Å²) in [6.07, 6.45) is 3.18. The molecule has 1 N–H and O–H groups in total. The monoisotopic (exact) mass is 225 g/mol. The molecular weight excluding hydrogens is 202 g/mol. The Bertz CT molecular complexity index is 331. The van der Waals surface area contributed by atoms with E-state index in [1.54, 1.807) is 7.11 Å². The molecule has 0 aromatic carbocycles. The van der Waals surface area contributed by atoms with Gasteiger partial charge in [0.25, 0.3) is 0 Å². The van der Waals surface area contributed by atoms with Crippen LogP contribution >= 0.6 is 0 Å². The van der Waals surface area contributed by atoms with E-state index < -0.39 is 0 Å². The van der Waals surface area contributed by atoms with E-state index in [4.69, 9.17) is 4.74 Å². The maximum atomic E-state index is 5.37. The smallest absolute Gasteiger partial charge is 0.203 e. The maximum absolute atomic E-state index is 5.37. The number of methoxy groups -OCH3 is 1. The molecule has 1 aromatic heterocycles. The van der Waals surface area contributed by atoms with E-state index in [2.05, 4.69) is 41.8 Å². The van der Waals surface area contributed by atoms with Crippen molar-refractivity contribution >= 4 is 5.95 Å². The van der Waals surface area contributed by atoms with Gasteiger partial charge in [-0.25, -0.2) is 4.98 Å².